The molecule has 1 aliphatic rings. The highest BCUT2D eigenvalue weighted by Gasteiger charge is 2.21. The molecule has 2 amide bonds. The maximum atomic E-state index is 13.2. The van der Waals surface area contributed by atoms with Crippen molar-refractivity contribution in [3.8, 4) is 0 Å². The van der Waals surface area contributed by atoms with Gasteiger partial charge in [-0.2, -0.15) is 0 Å². The topological polar surface area (TPSA) is 55.9 Å². The molecule has 27 heavy (non-hydrogen) atoms. The Hall–Kier alpha value is -1.99. The molecule has 0 aliphatic carbocycles. The van der Waals surface area contributed by atoms with Crippen LogP contribution in [0.5, 0.6) is 0 Å². The number of piperazine rings is 1. The molecule has 0 bridgehead atoms. The molecule has 7 heteroatoms. The Kier molecular flexibility index (Phi) is 8.67. The molecule has 2 rings (SSSR count). The molecule has 0 radical (unpaired) electrons. The van der Waals surface area contributed by atoms with Gasteiger partial charge in [0.25, 0.3) is 5.91 Å². The van der Waals surface area contributed by atoms with Gasteiger partial charge in [-0.25, -0.2) is 4.39 Å². The van der Waals surface area contributed by atoms with Gasteiger partial charge >= 0.3 is 0 Å². The molecule has 0 unspecified atom stereocenters. The molecule has 6 nitrogen and oxygen atoms in total. The van der Waals surface area contributed by atoms with Crippen molar-refractivity contribution in [2.45, 2.75) is 20.3 Å². The van der Waals surface area contributed by atoms with Crippen LogP contribution in [-0.2, 0) is 4.79 Å². The molecule has 150 valence electrons. The lowest BCUT2D eigenvalue weighted by atomic mass is 10.2. The minimum atomic E-state index is -0.366. The van der Waals surface area contributed by atoms with Gasteiger partial charge in [0.2, 0.25) is 5.91 Å². The lowest BCUT2D eigenvalue weighted by Gasteiger charge is -2.30. The molecule has 1 fully saturated rings. The van der Waals surface area contributed by atoms with E-state index in [1.54, 1.807) is 4.90 Å². The molecule has 1 aromatic rings. The molecule has 1 saturated heterocycles. The van der Waals surface area contributed by atoms with Crippen LogP contribution in [0, 0.1) is 5.82 Å². The highest BCUT2D eigenvalue weighted by Crippen LogP contribution is 2.09. The van der Waals surface area contributed by atoms with E-state index < -0.39 is 0 Å². The van der Waals surface area contributed by atoms with Gasteiger partial charge in [0.05, 0.1) is 0 Å². The number of rotatable bonds is 9. The summed E-state index contributed by atoms with van der Waals surface area (Å²) >= 11 is 0. The average Bonchev–Trinajstić information content (AvgIpc) is 2.71. The number of carbonyl (C=O) groups is 2. The molecule has 0 atom stereocenters. The summed E-state index contributed by atoms with van der Waals surface area (Å²) in [4.78, 5) is 31.1. The van der Waals surface area contributed by atoms with Crippen LogP contribution in [0.25, 0.3) is 0 Å². The maximum absolute atomic E-state index is 13.2. The van der Waals surface area contributed by atoms with E-state index in [4.69, 9.17) is 0 Å². The first kappa shape index (κ1) is 21.3. The summed E-state index contributed by atoms with van der Waals surface area (Å²) in [5, 5.41) is 3.23. The summed E-state index contributed by atoms with van der Waals surface area (Å²) in [5.41, 5.74) is 0.450. The van der Waals surface area contributed by atoms with E-state index in [1.165, 1.54) is 24.3 Å². The van der Waals surface area contributed by atoms with Gasteiger partial charge in [-0.15, -0.1) is 0 Å². The standard InChI is InChI=1S/C20H31FN4O2/c1-3-23(4-2)15-16-25(20(27)17-5-7-18(21)8-6-17)12-9-19(26)24-13-10-22-11-14-24/h5-8,22H,3-4,9-16H2,1-2H3. The largest absolute Gasteiger partial charge is 0.340 e. The van der Waals surface area contributed by atoms with Crippen molar-refractivity contribution in [2.75, 3.05) is 58.9 Å². The summed E-state index contributed by atoms with van der Waals surface area (Å²) in [5.74, 6) is -0.443. The third kappa shape index (κ3) is 6.59. The zero-order valence-electron chi connectivity index (χ0n) is 16.4. The molecule has 1 N–H and O–H groups in total. The van der Waals surface area contributed by atoms with Crippen LogP contribution >= 0.6 is 0 Å². The zero-order valence-corrected chi connectivity index (χ0v) is 16.4. The van der Waals surface area contributed by atoms with Crippen LogP contribution < -0.4 is 5.32 Å². The van der Waals surface area contributed by atoms with Gasteiger partial charge in [-0.05, 0) is 37.4 Å². The summed E-state index contributed by atoms with van der Waals surface area (Å²) in [6.07, 6.45) is 0.311. The number of amides is 2. The van der Waals surface area contributed by atoms with Crippen molar-refractivity contribution >= 4 is 11.8 Å². The lowest BCUT2D eigenvalue weighted by molar-refractivity contribution is -0.131. The van der Waals surface area contributed by atoms with Crippen molar-refractivity contribution in [1.82, 2.24) is 20.0 Å². The SMILES string of the molecule is CCN(CC)CCN(CCC(=O)N1CCNCC1)C(=O)c1ccc(F)cc1. The predicted molar refractivity (Wildman–Crippen MR) is 104 cm³/mol. The Morgan fingerprint density at radius 1 is 1.04 bits per heavy atom. The summed E-state index contributed by atoms with van der Waals surface area (Å²) in [7, 11) is 0. The van der Waals surface area contributed by atoms with Gasteiger partial charge in [0, 0.05) is 57.8 Å². The average molecular weight is 378 g/mol. The number of likely N-dealkylation sites (N-methyl/N-ethyl adjacent to an activating group) is 1. The predicted octanol–water partition coefficient (Wildman–Crippen LogP) is 1.43. The highest BCUT2D eigenvalue weighted by atomic mass is 19.1. The molecule has 0 spiro atoms. The van der Waals surface area contributed by atoms with E-state index in [1.807, 2.05) is 4.90 Å². The number of hydrogen-bond donors (Lipinski definition) is 1. The number of nitrogens with one attached hydrogen (secondary N) is 1. The molecule has 1 heterocycles. The number of carbonyl (C=O) groups excluding carboxylic acids is 2. The maximum Gasteiger partial charge on any atom is 0.253 e. The van der Waals surface area contributed by atoms with Gasteiger partial charge in [-0.1, -0.05) is 13.8 Å². The van der Waals surface area contributed by atoms with Crippen molar-refractivity contribution in [2.24, 2.45) is 0 Å². The molecule has 1 aromatic carbocycles. The second kappa shape index (κ2) is 11.0. The first-order valence-electron chi connectivity index (χ1n) is 9.80. The third-order valence-electron chi connectivity index (χ3n) is 5.02. The molecule has 0 aromatic heterocycles. The Balaban J connectivity index is 2.00. The number of halogens is 1. The molecule has 1 aliphatic heterocycles. The van der Waals surface area contributed by atoms with E-state index in [0.717, 1.165) is 32.7 Å². The Labute approximate surface area is 161 Å². The minimum absolute atomic E-state index is 0.0799. The van der Waals surface area contributed by atoms with Crippen molar-refractivity contribution in [1.29, 1.82) is 0 Å². The highest BCUT2D eigenvalue weighted by molar-refractivity contribution is 5.94. The Bertz CT molecular complexity index is 599. The van der Waals surface area contributed by atoms with E-state index in [-0.39, 0.29) is 17.6 Å². The first-order valence-corrected chi connectivity index (χ1v) is 9.80. The number of benzene rings is 1. The van der Waals surface area contributed by atoms with Crippen molar-refractivity contribution in [3.63, 3.8) is 0 Å². The molecule has 0 saturated carbocycles. The first-order chi connectivity index (χ1) is 13.0. The second-order valence-electron chi connectivity index (χ2n) is 6.71. The fraction of sp³-hybridized carbons (Fsp3) is 0.600. The molecular weight excluding hydrogens is 347 g/mol. The quantitative estimate of drug-likeness (QED) is 0.706. The van der Waals surface area contributed by atoms with Crippen LogP contribution in [0.15, 0.2) is 24.3 Å². The van der Waals surface area contributed by atoms with Crippen LogP contribution in [0.4, 0.5) is 4.39 Å². The smallest absolute Gasteiger partial charge is 0.253 e. The lowest BCUT2D eigenvalue weighted by Crippen LogP contribution is -2.47. The Morgan fingerprint density at radius 2 is 1.67 bits per heavy atom. The van der Waals surface area contributed by atoms with Gasteiger partial charge in [0.15, 0.2) is 0 Å². The third-order valence-corrected chi connectivity index (χ3v) is 5.02. The monoisotopic (exact) mass is 378 g/mol. The summed E-state index contributed by atoms with van der Waals surface area (Å²) in [6.45, 7) is 10.7. The van der Waals surface area contributed by atoms with Crippen LogP contribution in [0.3, 0.4) is 0 Å². The van der Waals surface area contributed by atoms with Gasteiger partial charge in [-0.3, -0.25) is 9.59 Å². The van der Waals surface area contributed by atoms with Crippen molar-refractivity contribution in [3.05, 3.63) is 35.6 Å². The molecular formula is C20H31FN4O2. The second-order valence-corrected chi connectivity index (χ2v) is 6.71. The van der Waals surface area contributed by atoms with Gasteiger partial charge < -0.3 is 20.0 Å². The Morgan fingerprint density at radius 3 is 2.26 bits per heavy atom. The van der Waals surface area contributed by atoms with Crippen molar-refractivity contribution < 1.29 is 14.0 Å². The van der Waals surface area contributed by atoms with E-state index in [0.29, 0.717) is 38.2 Å². The number of nitrogens with zero attached hydrogens (tertiary/aromatic N) is 3. The van der Waals surface area contributed by atoms with E-state index >= 15 is 0 Å². The fourth-order valence-corrected chi connectivity index (χ4v) is 3.19. The van der Waals surface area contributed by atoms with Gasteiger partial charge in [0.1, 0.15) is 5.82 Å². The normalized spacial score (nSPS) is 14.4. The van der Waals surface area contributed by atoms with E-state index in [9.17, 15) is 14.0 Å². The summed E-state index contributed by atoms with van der Waals surface area (Å²) in [6, 6.07) is 5.59. The minimum Gasteiger partial charge on any atom is -0.340 e. The fourth-order valence-electron chi connectivity index (χ4n) is 3.19. The van der Waals surface area contributed by atoms with Crippen LogP contribution in [0.2, 0.25) is 0 Å². The number of hydrogen-bond acceptors (Lipinski definition) is 4. The van der Waals surface area contributed by atoms with Crippen LogP contribution in [0.1, 0.15) is 30.6 Å². The zero-order chi connectivity index (χ0) is 19.6. The summed E-state index contributed by atoms with van der Waals surface area (Å²) < 4.78 is 13.2. The van der Waals surface area contributed by atoms with Crippen LogP contribution in [-0.4, -0.2) is 85.4 Å². The van der Waals surface area contributed by atoms with E-state index in [2.05, 4.69) is 24.1 Å².